The van der Waals surface area contributed by atoms with Gasteiger partial charge in [0, 0.05) is 18.9 Å². The van der Waals surface area contributed by atoms with E-state index in [1.807, 2.05) is 4.57 Å². The van der Waals surface area contributed by atoms with Crippen LogP contribution >= 0.6 is 0 Å². The Morgan fingerprint density at radius 3 is 2.67 bits per heavy atom. The first-order valence-electron chi connectivity index (χ1n) is 6.19. The van der Waals surface area contributed by atoms with E-state index in [0.29, 0.717) is 18.8 Å². The Morgan fingerprint density at radius 2 is 2.05 bits per heavy atom. The third-order valence-corrected chi connectivity index (χ3v) is 2.88. The minimum atomic E-state index is -0.636. The maximum absolute atomic E-state index is 11.6. The van der Waals surface area contributed by atoms with Crippen LogP contribution in [0.3, 0.4) is 0 Å². The second kappa shape index (κ2) is 6.64. The first kappa shape index (κ1) is 14.7. The normalized spacial score (nSPS) is 10.4. The largest absolute Gasteiger partial charge is 0.469 e. The van der Waals surface area contributed by atoms with Crippen LogP contribution in [0.1, 0.15) is 16.2 Å². The molecule has 0 aliphatic rings. The molecule has 0 aromatic carbocycles. The van der Waals surface area contributed by atoms with Crippen molar-refractivity contribution in [2.45, 2.75) is 19.5 Å². The maximum atomic E-state index is 11.6. The van der Waals surface area contributed by atoms with Crippen molar-refractivity contribution in [2.75, 3.05) is 14.2 Å². The summed E-state index contributed by atoms with van der Waals surface area (Å²) in [5.41, 5.74) is 0.391. The van der Waals surface area contributed by atoms with E-state index in [-0.39, 0.29) is 12.1 Å². The van der Waals surface area contributed by atoms with Crippen molar-refractivity contribution in [2.24, 2.45) is 0 Å². The van der Waals surface area contributed by atoms with E-state index in [1.54, 1.807) is 18.7 Å². The predicted octanol–water partition coefficient (Wildman–Crippen LogP) is -0.323. The highest BCUT2D eigenvalue weighted by molar-refractivity contribution is 5.89. The molecule has 0 spiro atoms. The Morgan fingerprint density at radius 1 is 1.24 bits per heavy atom. The molecule has 0 amide bonds. The summed E-state index contributed by atoms with van der Waals surface area (Å²) in [6.07, 6.45) is 5.03. The van der Waals surface area contributed by atoms with Gasteiger partial charge in [0.1, 0.15) is 0 Å². The van der Waals surface area contributed by atoms with Gasteiger partial charge in [-0.25, -0.2) is 14.5 Å². The maximum Gasteiger partial charge on any atom is 0.360 e. The molecule has 0 radical (unpaired) electrons. The first-order chi connectivity index (χ1) is 10.2. The fourth-order valence-corrected chi connectivity index (χ4v) is 1.78. The van der Waals surface area contributed by atoms with Crippen LogP contribution in [0.25, 0.3) is 0 Å². The minimum Gasteiger partial charge on any atom is -0.469 e. The number of hydrogen-bond donors (Lipinski definition) is 0. The fourth-order valence-electron chi connectivity index (χ4n) is 1.78. The lowest BCUT2D eigenvalue weighted by Crippen LogP contribution is -2.17. The van der Waals surface area contributed by atoms with Gasteiger partial charge in [-0.2, -0.15) is 0 Å². The summed E-state index contributed by atoms with van der Waals surface area (Å²) in [5, 5.41) is 7.68. The van der Waals surface area contributed by atoms with Crippen LogP contribution in [-0.4, -0.2) is 50.7 Å². The molecular weight excluding hydrogens is 278 g/mol. The number of ether oxygens (including phenoxy) is 2. The molecule has 0 fully saturated rings. The average Bonchev–Trinajstić information content (AvgIpc) is 3.14. The summed E-state index contributed by atoms with van der Waals surface area (Å²) >= 11 is 0. The van der Waals surface area contributed by atoms with Crippen LogP contribution in [0.15, 0.2) is 18.7 Å². The van der Waals surface area contributed by atoms with Gasteiger partial charge < -0.3 is 14.0 Å². The molecule has 0 aliphatic carbocycles. The molecule has 9 nitrogen and oxygen atoms in total. The van der Waals surface area contributed by atoms with Gasteiger partial charge in [0.2, 0.25) is 0 Å². The lowest BCUT2D eigenvalue weighted by Gasteiger charge is -2.07. The zero-order valence-electron chi connectivity index (χ0n) is 11.7. The van der Waals surface area contributed by atoms with Gasteiger partial charge in [-0.15, -0.1) is 5.10 Å². The second-order valence-electron chi connectivity index (χ2n) is 4.15. The molecule has 2 aromatic heterocycles. The van der Waals surface area contributed by atoms with Gasteiger partial charge in [-0.05, 0) is 0 Å². The molecule has 2 rings (SSSR count). The number of aryl methyl sites for hydroxylation is 2. The van der Waals surface area contributed by atoms with E-state index in [4.69, 9.17) is 0 Å². The van der Waals surface area contributed by atoms with Crippen molar-refractivity contribution in [3.8, 4) is 0 Å². The molecule has 0 atom stereocenters. The number of rotatable bonds is 6. The van der Waals surface area contributed by atoms with E-state index in [9.17, 15) is 9.59 Å². The third kappa shape index (κ3) is 3.44. The van der Waals surface area contributed by atoms with E-state index >= 15 is 0 Å². The zero-order valence-corrected chi connectivity index (χ0v) is 11.7. The van der Waals surface area contributed by atoms with Gasteiger partial charge in [-0.3, -0.25) is 4.79 Å². The number of carbonyl (C=O) groups is 2. The Balaban J connectivity index is 2.20. The van der Waals surface area contributed by atoms with Crippen molar-refractivity contribution in [1.29, 1.82) is 0 Å². The minimum absolute atomic E-state index is 0.0218. The highest BCUT2D eigenvalue weighted by Crippen LogP contribution is 2.09. The molecule has 0 aliphatic heterocycles. The van der Waals surface area contributed by atoms with E-state index in [0.717, 1.165) is 0 Å². The standard InChI is InChI=1S/C12H15N5O4/c1-20-10(18)7-9-11(12(19)21-2)14-15-17(9)6-5-16-4-3-13-8-16/h3-4,8H,5-7H2,1-2H3. The summed E-state index contributed by atoms with van der Waals surface area (Å²) in [4.78, 5) is 27.0. The van der Waals surface area contributed by atoms with Crippen LogP contribution in [0, 0.1) is 0 Å². The molecule has 112 valence electrons. The summed E-state index contributed by atoms with van der Waals surface area (Å²) < 4.78 is 12.6. The van der Waals surface area contributed by atoms with E-state index < -0.39 is 11.9 Å². The Bertz CT molecular complexity index is 620. The lowest BCUT2D eigenvalue weighted by molar-refractivity contribution is -0.139. The molecule has 0 N–H and O–H groups in total. The summed E-state index contributed by atoms with van der Waals surface area (Å²) in [6.45, 7) is 1.02. The smallest absolute Gasteiger partial charge is 0.360 e. The molecule has 2 heterocycles. The Labute approximate surface area is 120 Å². The molecular formula is C12H15N5O4. The summed E-state index contributed by atoms with van der Waals surface area (Å²) in [5.74, 6) is -1.12. The van der Waals surface area contributed by atoms with E-state index in [1.165, 1.54) is 18.9 Å². The van der Waals surface area contributed by atoms with Crippen LogP contribution in [-0.2, 0) is 33.8 Å². The average molecular weight is 293 g/mol. The molecule has 9 heteroatoms. The summed E-state index contributed by atoms with van der Waals surface area (Å²) in [6, 6.07) is 0. The number of nitrogens with zero attached hydrogens (tertiary/aromatic N) is 5. The van der Waals surface area contributed by atoms with Crippen LogP contribution in [0.2, 0.25) is 0 Å². The highest BCUT2D eigenvalue weighted by atomic mass is 16.5. The SMILES string of the molecule is COC(=O)Cc1c(C(=O)OC)nnn1CCn1ccnc1. The summed E-state index contributed by atoms with van der Waals surface area (Å²) in [7, 11) is 2.52. The zero-order chi connectivity index (χ0) is 15.2. The monoisotopic (exact) mass is 293 g/mol. The van der Waals surface area contributed by atoms with Gasteiger partial charge in [0.15, 0.2) is 5.69 Å². The molecule has 21 heavy (non-hydrogen) atoms. The first-order valence-corrected chi connectivity index (χ1v) is 6.19. The Hall–Kier alpha value is -2.71. The number of esters is 2. The molecule has 0 saturated heterocycles. The Kier molecular flexibility index (Phi) is 4.64. The second-order valence-corrected chi connectivity index (χ2v) is 4.15. The molecule has 2 aromatic rings. The number of carbonyl (C=O) groups excluding carboxylic acids is 2. The molecule has 0 bridgehead atoms. The fraction of sp³-hybridized carbons (Fsp3) is 0.417. The van der Waals surface area contributed by atoms with Crippen molar-refractivity contribution in [1.82, 2.24) is 24.5 Å². The topological polar surface area (TPSA) is 101 Å². The van der Waals surface area contributed by atoms with Gasteiger partial charge in [0.25, 0.3) is 0 Å². The number of aromatic nitrogens is 5. The quantitative estimate of drug-likeness (QED) is 0.672. The molecule has 0 saturated carbocycles. The number of methoxy groups -OCH3 is 2. The van der Waals surface area contributed by atoms with Crippen molar-refractivity contribution < 1.29 is 19.1 Å². The van der Waals surface area contributed by atoms with Crippen molar-refractivity contribution in [3.05, 3.63) is 30.1 Å². The van der Waals surface area contributed by atoms with Gasteiger partial charge in [0.05, 0.1) is 39.2 Å². The van der Waals surface area contributed by atoms with Gasteiger partial charge in [-0.1, -0.05) is 5.21 Å². The van der Waals surface area contributed by atoms with Crippen molar-refractivity contribution in [3.63, 3.8) is 0 Å². The van der Waals surface area contributed by atoms with Crippen LogP contribution in [0.4, 0.5) is 0 Å². The van der Waals surface area contributed by atoms with Crippen LogP contribution < -0.4 is 0 Å². The van der Waals surface area contributed by atoms with Crippen LogP contribution in [0.5, 0.6) is 0 Å². The molecule has 0 unspecified atom stereocenters. The number of imidazole rings is 1. The van der Waals surface area contributed by atoms with E-state index in [2.05, 4.69) is 24.8 Å². The van der Waals surface area contributed by atoms with Crippen molar-refractivity contribution >= 4 is 11.9 Å². The predicted molar refractivity (Wildman–Crippen MR) is 69.3 cm³/mol. The number of hydrogen-bond acceptors (Lipinski definition) is 7. The third-order valence-electron chi connectivity index (χ3n) is 2.88. The highest BCUT2D eigenvalue weighted by Gasteiger charge is 2.22. The van der Waals surface area contributed by atoms with Gasteiger partial charge >= 0.3 is 11.9 Å². The lowest BCUT2D eigenvalue weighted by atomic mass is 10.2.